The third-order valence-corrected chi connectivity index (χ3v) is 3.78. The minimum absolute atomic E-state index is 0.781. The number of aromatic nitrogens is 2. The molecule has 0 radical (unpaired) electrons. The molecule has 18 heavy (non-hydrogen) atoms. The highest BCUT2D eigenvalue weighted by Gasteiger charge is 2.19. The summed E-state index contributed by atoms with van der Waals surface area (Å²) in [7, 11) is 0. The van der Waals surface area contributed by atoms with Gasteiger partial charge in [-0.2, -0.15) is 0 Å². The van der Waals surface area contributed by atoms with Crippen molar-refractivity contribution in [1.82, 2.24) is 15.3 Å². The first kappa shape index (κ1) is 11.9. The molecule has 5 heteroatoms. The predicted octanol–water partition coefficient (Wildman–Crippen LogP) is 2.79. The van der Waals surface area contributed by atoms with E-state index in [1.807, 2.05) is 12.3 Å². The summed E-state index contributed by atoms with van der Waals surface area (Å²) in [6.07, 6.45) is 6.42. The van der Waals surface area contributed by atoms with Crippen LogP contribution in [0.2, 0.25) is 0 Å². The molecular weight excluding hydrogens is 246 g/mol. The summed E-state index contributed by atoms with van der Waals surface area (Å²) in [6, 6.07) is 0.781. The SMILES string of the molecule is Cc1nc(-c2cnc(CCCNC3CC3)o2)cs1. The maximum absolute atomic E-state index is 5.71. The van der Waals surface area contributed by atoms with Crippen molar-refractivity contribution in [3.05, 3.63) is 22.5 Å². The molecule has 1 saturated carbocycles. The van der Waals surface area contributed by atoms with Crippen LogP contribution in [0, 0.1) is 6.92 Å². The highest BCUT2D eigenvalue weighted by Crippen LogP contribution is 2.22. The fourth-order valence-electron chi connectivity index (χ4n) is 1.85. The van der Waals surface area contributed by atoms with Crippen LogP contribution in [0.1, 0.15) is 30.2 Å². The monoisotopic (exact) mass is 263 g/mol. The fourth-order valence-corrected chi connectivity index (χ4v) is 2.46. The van der Waals surface area contributed by atoms with E-state index in [2.05, 4.69) is 15.3 Å². The van der Waals surface area contributed by atoms with Gasteiger partial charge in [-0.25, -0.2) is 9.97 Å². The lowest BCUT2D eigenvalue weighted by Crippen LogP contribution is -2.17. The molecular formula is C13H17N3OS. The molecule has 0 amide bonds. The Morgan fingerprint density at radius 1 is 1.50 bits per heavy atom. The van der Waals surface area contributed by atoms with Gasteiger partial charge in [0.1, 0.15) is 5.69 Å². The van der Waals surface area contributed by atoms with E-state index >= 15 is 0 Å². The molecule has 1 aliphatic carbocycles. The summed E-state index contributed by atoms with van der Waals surface area (Å²) in [5.41, 5.74) is 0.896. The Balaban J connectivity index is 1.52. The minimum atomic E-state index is 0.781. The van der Waals surface area contributed by atoms with Crippen molar-refractivity contribution >= 4 is 11.3 Å². The number of oxazole rings is 1. The smallest absolute Gasteiger partial charge is 0.195 e. The summed E-state index contributed by atoms with van der Waals surface area (Å²) < 4.78 is 5.71. The second-order valence-corrected chi connectivity index (χ2v) is 5.76. The molecule has 0 aromatic carbocycles. The van der Waals surface area contributed by atoms with E-state index in [-0.39, 0.29) is 0 Å². The van der Waals surface area contributed by atoms with Crippen molar-refractivity contribution in [2.45, 2.75) is 38.6 Å². The Hall–Kier alpha value is -1.20. The molecule has 4 nitrogen and oxygen atoms in total. The van der Waals surface area contributed by atoms with E-state index in [0.29, 0.717) is 0 Å². The first-order valence-electron chi connectivity index (χ1n) is 6.42. The zero-order chi connectivity index (χ0) is 12.4. The zero-order valence-corrected chi connectivity index (χ0v) is 11.3. The number of hydrogen-bond donors (Lipinski definition) is 1. The van der Waals surface area contributed by atoms with E-state index < -0.39 is 0 Å². The summed E-state index contributed by atoms with van der Waals surface area (Å²) in [4.78, 5) is 8.70. The molecule has 3 rings (SSSR count). The second-order valence-electron chi connectivity index (χ2n) is 4.70. The quantitative estimate of drug-likeness (QED) is 0.814. The highest BCUT2D eigenvalue weighted by atomic mass is 32.1. The number of hydrogen-bond acceptors (Lipinski definition) is 5. The predicted molar refractivity (Wildman–Crippen MR) is 71.7 cm³/mol. The van der Waals surface area contributed by atoms with Crippen LogP contribution >= 0.6 is 11.3 Å². The first-order chi connectivity index (χ1) is 8.81. The minimum Gasteiger partial charge on any atom is -0.439 e. The maximum atomic E-state index is 5.71. The Morgan fingerprint density at radius 2 is 2.39 bits per heavy atom. The van der Waals surface area contributed by atoms with Gasteiger partial charge in [-0.05, 0) is 32.7 Å². The normalized spacial score (nSPS) is 15.2. The highest BCUT2D eigenvalue weighted by molar-refractivity contribution is 7.09. The molecule has 2 aromatic rings. The topological polar surface area (TPSA) is 51.0 Å². The van der Waals surface area contributed by atoms with Crippen molar-refractivity contribution in [2.24, 2.45) is 0 Å². The number of aryl methyl sites for hydroxylation is 2. The third-order valence-electron chi connectivity index (χ3n) is 3.00. The largest absolute Gasteiger partial charge is 0.439 e. The van der Waals surface area contributed by atoms with Gasteiger partial charge in [0, 0.05) is 17.8 Å². The molecule has 0 saturated heterocycles. The maximum Gasteiger partial charge on any atom is 0.195 e. The molecule has 1 N–H and O–H groups in total. The van der Waals surface area contributed by atoms with E-state index in [4.69, 9.17) is 4.42 Å². The summed E-state index contributed by atoms with van der Waals surface area (Å²) >= 11 is 1.63. The van der Waals surface area contributed by atoms with Crippen molar-refractivity contribution < 1.29 is 4.42 Å². The molecule has 0 aliphatic heterocycles. The number of thiazole rings is 1. The van der Waals surface area contributed by atoms with Gasteiger partial charge in [0.2, 0.25) is 0 Å². The molecule has 2 heterocycles. The van der Waals surface area contributed by atoms with Crippen LogP contribution in [0.25, 0.3) is 11.5 Å². The number of rotatable bonds is 6. The van der Waals surface area contributed by atoms with Crippen LogP contribution < -0.4 is 5.32 Å². The van der Waals surface area contributed by atoms with Crippen LogP contribution in [0.5, 0.6) is 0 Å². The van der Waals surface area contributed by atoms with Crippen molar-refractivity contribution in [3.63, 3.8) is 0 Å². The Morgan fingerprint density at radius 3 is 3.11 bits per heavy atom. The Labute approximate surface area is 110 Å². The average molecular weight is 263 g/mol. The second kappa shape index (κ2) is 5.20. The van der Waals surface area contributed by atoms with E-state index in [1.54, 1.807) is 17.5 Å². The van der Waals surface area contributed by atoms with Crippen molar-refractivity contribution in [1.29, 1.82) is 0 Å². The molecule has 96 valence electrons. The fraction of sp³-hybridized carbons (Fsp3) is 0.538. The van der Waals surface area contributed by atoms with Gasteiger partial charge >= 0.3 is 0 Å². The molecule has 0 bridgehead atoms. The Kier molecular flexibility index (Phi) is 3.43. The molecule has 2 aromatic heterocycles. The zero-order valence-electron chi connectivity index (χ0n) is 10.5. The van der Waals surface area contributed by atoms with Crippen molar-refractivity contribution in [3.8, 4) is 11.5 Å². The van der Waals surface area contributed by atoms with Gasteiger partial charge in [-0.15, -0.1) is 11.3 Å². The van der Waals surface area contributed by atoms with Crippen molar-refractivity contribution in [2.75, 3.05) is 6.54 Å². The molecule has 1 fully saturated rings. The molecule has 1 aliphatic rings. The summed E-state index contributed by atoms with van der Waals surface area (Å²) in [5, 5.41) is 6.55. The van der Waals surface area contributed by atoms with Gasteiger partial charge in [-0.3, -0.25) is 0 Å². The van der Waals surface area contributed by atoms with Gasteiger partial charge in [-0.1, -0.05) is 0 Å². The third kappa shape index (κ3) is 2.97. The lowest BCUT2D eigenvalue weighted by atomic mass is 10.3. The first-order valence-corrected chi connectivity index (χ1v) is 7.30. The van der Waals surface area contributed by atoms with E-state index in [9.17, 15) is 0 Å². The van der Waals surface area contributed by atoms with Crippen LogP contribution in [0.4, 0.5) is 0 Å². The number of nitrogens with zero attached hydrogens (tertiary/aromatic N) is 2. The van der Waals surface area contributed by atoms with Crippen LogP contribution in [-0.4, -0.2) is 22.6 Å². The number of nitrogens with one attached hydrogen (secondary N) is 1. The van der Waals surface area contributed by atoms with Crippen LogP contribution in [0.3, 0.4) is 0 Å². The molecule has 0 atom stereocenters. The van der Waals surface area contributed by atoms with Gasteiger partial charge in [0.05, 0.1) is 11.2 Å². The standard InChI is InChI=1S/C13H17N3OS/c1-9-16-11(8-18-9)12-7-15-13(17-12)3-2-6-14-10-4-5-10/h7-8,10,14H,2-6H2,1H3. The molecule has 0 unspecified atom stereocenters. The lowest BCUT2D eigenvalue weighted by molar-refractivity contribution is 0.490. The van der Waals surface area contributed by atoms with E-state index in [0.717, 1.165) is 47.8 Å². The van der Waals surface area contributed by atoms with Gasteiger partial charge in [0.15, 0.2) is 11.7 Å². The van der Waals surface area contributed by atoms with Crippen LogP contribution in [-0.2, 0) is 6.42 Å². The summed E-state index contributed by atoms with van der Waals surface area (Å²) in [5.74, 6) is 1.60. The molecule has 0 spiro atoms. The Bertz CT molecular complexity index is 516. The summed E-state index contributed by atoms with van der Waals surface area (Å²) in [6.45, 7) is 3.05. The van der Waals surface area contributed by atoms with Crippen LogP contribution in [0.15, 0.2) is 16.0 Å². The average Bonchev–Trinajstić information content (AvgIpc) is 2.88. The lowest BCUT2D eigenvalue weighted by Gasteiger charge is -1.99. The van der Waals surface area contributed by atoms with Gasteiger partial charge in [0.25, 0.3) is 0 Å². The van der Waals surface area contributed by atoms with E-state index in [1.165, 1.54) is 12.8 Å². The van der Waals surface area contributed by atoms with Gasteiger partial charge < -0.3 is 9.73 Å².